The number of ether oxygens (including phenoxy) is 1. The number of carbonyl (C=O) groups is 4. The molecule has 0 saturated carbocycles. The van der Waals surface area contributed by atoms with Gasteiger partial charge in [0.1, 0.15) is 25.0 Å². The van der Waals surface area contributed by atoms with E-state index in [0.29, 0.717) is 18.6 Å². The summed E-state index contributed by atoms with van der Waals surface area (Å²) in [5, 5.41) is 8.23. The fourth-order valence-electron chi connectivity index (χ4n) is 3.31. The Balaban J connectivity index is 2.95. The topological polar surface area (TPSA) is 114 Å². The summed E-state index contributed by atoms with van der Waals surface area (Å²) in [6, 6.07) is 6.88. The zero-order valence-electron chi connectivity index (χ0n) is 22.6. The molecule has 0 unspecified atom stereocenters. The van der Waals surface area contributed by atoms with Gasteiger partial charge in [-0.2, -0.15) is 11.8 Å². The molecule has 0 fully saturated rings. The Morgan fingerprint density at radius 2 is 1.64 bits per heavy atom. The van der Waals surface area contributed by atoms with Crippen molar-refractivity contribution in [2.45, 2.75) is 90.8 Å². The van der Waals surface area contributed by atoms with E-state index >= 15 is 0 Å². The maximum atomic E-state index is 13.3. The molecule has 0 aliphatic rings. The number of hydrogen-bond donors (Lipinski definition) is 3. The third kappa shape index (κ3) is 12.4. The predicted molar refractivity (Wildman–Crippen MR) is 145 cm³/mol. The SMILES string of the molecule is CC[C@H](C)[C@H](NC(=O)[C@H](CSC(C)(C)C)NC(=O)OCc1ccccc1)C(=O)N[C@H](C=O)CC(C)C. The molecule has 36 heavy (non-hydrogen) atoms. The number of carbonyl (C=O) groups excluding carboxylic acids is 4. The first-order chi connectivity index (χ1) is 16.9. The highest BCUT2D eigenvalue weighted by molar-refractivity contribution is 8.00. The molecule has 4 atom stereocenters. The molecule has 0 aromatic heterocycles. The molecule has 0 bridgehead atoms. The Morgan fingerprint density at radius 1 is 1.00 bits per heavy atom. The molecule has 3 amide bonds. The van der Waals surface area contributed by atoms with Crippen LogP contribution in [0, 0.1) is 11.8 Å². The lowest BCUT2D eigenvalue weighted by Gasteiger charge is -2.28. The van der Waals surface area contributed by atoms with Crippen LogP contribution in [0.4, 0.5) is 4.79 Å². The second kappa shape index (κ2) is 15.5. The number of nitrogens with one attached hydrogen (secondary N) is 3. The third-order valence-corrected chi connectivity index (χ3v) is 6.88. The second-order valence-corrected chi connectivity index (χ2v) is 12.3. The van der Waals surface area contributed by atoms with E-state index in [-0.39, 0.29) is 23.2 Å². The van der Waals surface area contributed by atoms with Gasteiger partial charge in [0.15, 0.2) is 0 Å². The van der Waals surface area contributed by atoms with Crippen LogP contribution >= 0.6 is 11.8 Å². The predicted octanol–water partition coefficient (Wildman–Crippen LogP) is 4.07. The highest BCUT2D eigenvalue weighted by Crippen LogP contribution is 2.24. The van der Waals surface area contributed by atoms with Gasteiger partial charge in [-0.25, -0.2) is 4.79 Å². The number of aldehydes is 1. The quantitative estimate of drug-likeness (QED) is 0.318. The van der Waals surface area contributed by atoms with E-state index in [1.54, 1.807) is 0 Å². The minimum atomic E-state index is -0.908. The van der Waals surface area contributed by atoms with Gasteiger partial charge in [-0.15, -0.1) is 0 Å². The Kier molecular flexibility index (Phi) is 13.6. The highest BCUT2D eigenvalue weighted by Gasteiger charge is 2.32. The monoisotopic (exact) mass is 521 g/mol. The van der Waals surface area contributed by atoms with Crippen LogP contribution in [0.5, 0.6) is 0 Å². The summed E-state index contributed by atoms with van der Waals surface area (Å²) in [7, 11) is 0. The van der Waals surface area contributed by atoms with Gasteiger partial charge in [-0.05, 0) is 23.8 Å². The lowest BCUT2D eigenvalue weighted by Crippen LogP contribution is -2.57. The van der Waals surface area contributed by atoms with Crippen LogP contribution in [0.2, 0.25) is 0 Å². The van der Waals surface area contributed by atoms with Gasteiger partial charge in [0, 0.05) is 10.5 Å². The van der Waals surface area contributed by atoms with Gasteiger partial charge in [-0.1, -0.05) is 85.2 Å². The van der Waals surface area contributed by atoms with Crippen molar-refractivity contribution in [2.75, 3.05) is 5.75 Å². The third-order valence-electron chi connectivity index (χ3n) is 5.51. The van der Waals surface area contributed by atoms with Crippen molar-refractivity contribution in [1.82, 2.24) is 16.0 Å². The number of benzene rings is 1. The van der Waals surface area contributed by atoms with Gasteiger partial charge in [0.25, 0.3) is 0 Å². The first kappa shape index (κ1) is 31.5. The van der Waals surface area contributed by atoms with Gasteiger partial charge in [0.05, 0.1) is 6.04 Å². The van der Waals surface area contributed by atoms with E-state index in [1.807, 2.05) is 78.8 Å². The van der Waals surface area contributed by atoms with Crippen molar-refractivity contribution in [3.63, 3.8) is 0 Å². The number of hydrogen-bond acceptors (Lipinski definition) is 6. The van der Waals surface area contributed by atoms with Crippen LogP contribution in [-0.2, 0) is 25.7 Å². The molecule has 0 aliphatic heterocycles. The normalized spacial score (nSPS) is 14.8. The molecule has 0 heterocycles. The Morgan fingerprint density at radius 3 is 2.17 bits per heavy atom. The Bertz CT molecular complexity index is 842. The fraction of sp³-hybridized carbons (Fsp3) is 0.630. The van der Waals surface area contributed by atoms with Crippen LogP contribution in [0.1, 0.15) is 66.9 Å². The summed E-state index contributed by atoms with van der Waals surface area (Å²) in [5.41, 5.74) is 0.831. The van der Waals surface area contributed by atoms with Gasteiger partial charge in [0.2, 0.25) is 11.8 Å². The average molecular weight is 522 g/mol. The van der Waals surface area contributed by atoms with E-state index < -0.39 is 36.0 Å². The molecule has 0 radical (unpaired) electrons. The fourth-order valence-corrected chi connectivity index (χ4v) is 4.21. The van der Waals surface area contributed by atoms with Crippen molar-refractivity contribution in [1.29, 1.82) is 0 Å². The first-order valence-electron chi connectivity index (χ1n) is 12.5. The van der Waals surface area contributed by atoms with E-state index in [0.717, 1.165) is 11.8 Å². The average Bonchev–Trinajstić information content (AvgIpc) is 2.82. The second-order valence-electron chi connectivity index (χ2n) is 10.4. The van der Waals surface area contributed by atoms with Crippen LogP contribution in [0.25, 0.3) is 0 Å². The van der Waals surface area contributed by atoms with Crippen LogP contribution in [0.3, 0.4) is 0 Å². The molecule has 0 saturated heterocycles. The summed E-state index contributed by atoms with van der Waals surface area (Å²) in [6.07, 6.45) is 1.16. The summed E-state index contributed by atoms with van der Waals surface area (Å²) < 4.78 is 5.17. The molecule has 1 aromatic rings. The standard InChI is InChI=1S/C27H43N3O5S/c1-8-19(4)23(25(33)28-21(15-31)14-18(2)3)30-24(32)22(17-36-27(5,6)7)29-26(34)35-16-20-12-10-9-11-13-20/h9-13,15,18-19,21-23H,8,14,16-17H2,1-7H3,(H,28,33)(H,29,34)(H,30,32)/t19-,21-,22-,23-/m0/s1. The number of rotatable bonds is 14. The molecule has 0 aliphatic carbocycles. The van der Waals surface area contributed by atoms with Gasteiger partial charge >= 0.3 is 6.09 Å². The van der Waals surface area contributed by atoms with Crippen LogP contribution < -0.4 is 16.0 Å². The number of amides is 3. The molecule has 0 spiro atoms. The molecule has 3 N–H and O–H groups in total. The Hall–Kier alpha value is -2.55. The van der Waals surface area contributed by atoms with Crippen molar-refractivity contribution < 1.29 is 23.9 Å². The summed E-state index contributed by atoms with van der Waals surface area (Å²) in [4.78, 5) is 50.3. The van der Waals surface area contributed by atoms with Gasteiger partial charge < -0.3 is 25.5 Å². The van der Waals surface area contributed by atoms with Crippen molar-refractivity contribution in [3.05, 3.63) is 35.9 Å². The van der Waals surface area contributed by atoms with E-state index in [2.05, 4.69) is 16.0 Å². The molecule has 1 aromatic carbocycles. The lowest BCUT2D eigenvalue weighted by molar-refractivity contribution is -0.132. The summed E-state index contributed by atoms with van der Waals surface area (Å²) >= 11 is 1.52. The highest BCUT2D eigenvalue weighted by atomic mass is 32.2. The zero-order chi connectivity index (χ0) is 27.3. The zero-order valence-corrected chi connectivity index (χ0v) is 23.4. The minimum Gasteiger partial charge on any atom is -0.445 e. The lowest BCUT2D eigenvalue weighted by atomic mass is 9.97. The number of alkyl carbamates (subject to hydrolysis) is 1. The molecule has 1 rings (SSSR count). The van der Waals surface area contributed by atoms with Crippen molar-refractivity contribution in [2.24, 2.45) is 11.8 Å². The molecule has 202 valence electrons. The molecule has 8 nitrogen and oxygen atoms in total. The van der Waals surface area contributed by atoms with Crippen molar-refractivity contribution >= 4 is 36.0 Å². The van der Waals surface area contributed by atoms with E-state index in [9.17, 15) is 19.2 Å². The van der Waals surface area contributed by atoms with Crippen LogP contribution in [0.15, 0.2) is 30.3 Å². The first-order valence-corrected chi connectivity index (χ1v) is 13.5. The maximum Gasteiger partial charge on any atom is 0.408 e. The smallest absolute Gasteiger partial charge is 0.408 e. The number of thioether (sulfide) groups is 1. The van der Waals surface area contributed by atoms with Crippen molar-refractivity contribution in [3.8, 4) is 0 Å². The molecular formula is C27H43N3O5S. The molecule has 9 heteroatoms. The van der Waals surface area contributed by atoms with E-state index in [4.69, 9.17) is 4.74 Å². The Labute approximate surface area is 220 Å². The largest absolute Gasteiger partial charge is 0.445 e. The minimum absolute atomic E-state index is 0.0776. The maximum absolute atomic E-state index is 13.3. The van der Waals surface area contributed by atoms with Gasteiger partial charge in [-0.3, -0.25) is 9.59 Å². The van der Waals surface area contributed by atoms with E-state index in [1.165, 1.54) is 11.8 Å². The van der Waals surface area contributed by atoms with Crippen LogP contribution in [-0.4, -0.2) is 52.8 Å². The molecular weight excluding hydrogens is 478 g/mol. The summed E-state index contributed by atoms with van der Waals surface area (Å²) in [5.74, 6) is -0.544. The summed E-state index contributed by atoms with van der Waals surface area (Å²) in [6.45, 7) is 13.9.